The minimum absolute atomic E-state index is 0.292. The van der Waals surface area contributed by atoms with Crippen LogP contribution in [0, 0.1) is 0 Å². The molecule has 0 aliphatic rings. The Morgan fingerprint density at radius 1 is 1.00 bits per heavy atom. The van der Waals surface area contributed by atoms with Gasteiger partial charge in [-0.2, -0.15) is 0 Å². The highest BCUT2D eigenvalue weighted by Gasteiger charge is 2.12. The first-order chi connectivity index (χ1) is 11.2. The van der Waals surface area contributed by atoms with Crippen molar-refractivity contribution < 1.29 is 9.84 Å². The van der Waals surface area contributed by atoms with Crippen LogP contribution in [0.25, 0.3) is 10.8 Å². The molecule has 0 spiro atoms. The number of rotatable bonds is 4. The molecular weight excluding hydrogens is 288 g/mol. The normalized spacial score (nSPS) is 10.6. The molecule has 0 bridgehead atoms. The van der Waals surface area contributed by atoms with Gasteiger partial charge in [0.1, 0.15) is 11.5 Å². The Morgan fingerprint density at radius 3 is 2.43 bits per heavy atom. The fourth-order valence-corrected chi connectivity index (χ4v) is 2.79. The summed E-state index contributed by atoms with van der Waals surface area (Å²) in [5, 5.41) is 15.0. The summed E-state index contributed by atoms with van der Waals surface area (Å²) in [6, 6.07) is 17.5. The Hall–Kier alpha value is -2.88. The number of phenolic OH excluding ortho intramolecular Hbond substituents is 1. The number of anilines is 3. The zero-order valence-electron chi connectivity index (χ0n) is 13.5. The van der Waals surface area contributed by atoms with Gasteiger partial charge >= 0.3 is 0 Å². The van der Waals surface area contributed by atoms with Gasteiger partial charge in [-0.25, -0.2) is 0 Å². The molecule has 23 heavy (non-hydrogen) atoms. The van der Waals surface area contributed by atoms with Crippen molar-refractivity contribution in [3.63, 3.8) is 0 Å². The second-order valence-electron chi connectivity index (χ2n) is 5.34. The quantitative estimate of drug-likeness (QED) is 0.751. The Balaban J connectivity index is 2.11. The number of phenols is 1. The fourth-order valence-electron chi connectivity index (χ4n) is 2.79. The van der Waals surface area contributed by atoms with Crippen molar-refractivity contribution in [1.82, 2.24) is 0 Å². The average Bonchev–Trinajstić information content (AvgIpc) is 2.61. The minimum Gasteiger partial charge on any atom is -0.507 e. The number of hydrogen-bond acceptors (Lipinski definition) is 4. The molecule has 3 aromatic rings. The second-order valence-corrected chi connectivity index (χ2v) is 5.34. The largest absolute Gasteiger partial charge is 0.507 e. The molecule has 0 aliphatic carbocycles. The molecule has 0 heterocycles. The van der Waals surface area contributed by atoms with Gasteiger partial charge in [0.05, 0.1) is 12.8 Å². The van der Waals surface area contributed by atoms with Crippen molar-refractivity contribution in [3.05, 3.63) is 54.6 Å². The van der Waals surface area contributed by atoms with Crippen LogP contribution >= 0.6 is 0 Å². The van der Waals surface area contributed by atoms with Crippen LogP contribution in [0.5, 0.6) is 11.5 Å². The first-order valence-electron chi connectivity index (χ1n) is 7.46. The smallest absolute Gasteiger partial charge is 0.144 e. The molecule has 0 saturated carbocycles. The van der Waals surface area contributed by atoms with E-state index in [1.165, 1.54) is 0 Å². The fraction of sp³-hybridized carbons (Fsp3) is 0.158. The van der Waals surface area contributed by atoms with Crippen LogP contribution in [0.4, 0.5) is 17.1 Å². The van der Waals surface area contributed by atoms with Gasteiger partial charge in [0.2, 0.25) is 0 Å². The van der Waals surface area contributed by atoms with E-state index < -0.39 is 0 Å². The number of benzene rings is 3. The highest BCUT2D eigenvalue weighted by molar-refractivity contribution is 5.99. The molecule has 4 nitrogen and oxygen atoms in total. The number of aromatic hydroxyl groups is 1. The highest BCUT2D eigenvalue weighted by Crippen LogP contribution is 2.37. The lowest BCUT2D eigenvalue weighted by atomic mass is 10.1. The Morgan fingerprint density at radius 2 is 1.74 bits per heavy atom. The topological polar surface area (TPSA) is 44.7 Å². The van der Waals surface area contributed by atoms with Crippen molar-refractivity contribution in [2.45, 2.75) is 0 Å². The second kappa shape index (κ2) is 6.08. The molecule has 3 aromatic carbocycles. The predicted molar refractivity (Wildman–Crippen MR) is 96.2 cm³/mol. The maximum absolute atomic E-state index is 10.1. The molecule has 0 fully saturated rings. The number of ether oxygens (including phenoxy) is 1. The van der Waals surface area contributed by atoms with Gasteiger partial charge in [0, 0.05) is 42.3 Å². The Labute approximate surface area is 135 Å². The van der Waals surface area contributed by atoms with E-state index >= 15 is 0 Å². The summed E-state index contributed by atoms with van der Waals surface area (Å²) < 4.78 is 5.44. The van der Waals surface area contributed by atoms with Gasteiger partial charge in [-0.15, -0.1) is 0 Å². The van der Waals surface area contributed by atoms with Gasteiger partial charge in [-0.05, 0) is 24.3 Å². The van der Waals surface area contributed by atoms with Gasteiger partial charge in [-0.1, -0.05) is 24.3 Å². The predicted octanol–water partition coefficient (Wildman–Crippen LogP) is 4.36. The van der Waals surface area contributed by atoms with E-state index in [0.717, 1.165) is 33.6 Å². The molecule has 118 valence electrons. The van der Waals surface area contributed by atoms with Crippen LogP contribution in [0.15, 0.2) is 54.6 Å². The first-order valence-corrected chi connectivity index (χ1v) is 7.46. The lowest BCUT2D eigenvalue weighted by Gasteiger charge is -2.23. The molecule has 0 unspecified atom stereocenters. The zero-order valence-corrected chi connectivity index (χ0v) is 13.5. The van der Waals surface area contributed by atoms with E-state index in [0.29, 0.717) is 5.75 Å². The van der Waals surface area contributed by atoms with Crippen LogP contribution < -0.4 is 15.0 Å². The lowest BCUT2D eigenvalue weighted by molar-refractivity contribution is 0.417. The first kappa shape index (κ1) is 15.0. The third-order valence-corrected chi connectivity index (χ3v) is 4.08. The summed E-state index contributed by atoms with van der Waals surface area (Å²) in [7, 11) is 5.54. The van der Waals surface area contributed by atoms with Gasteiger partial charge in [0.15, 0.2) is 0 Å². The number of nitrogens with zero attached hydrogens (tertiary/aromatic N) is 1. The standard InChI is InChI=1S/C19H20N2O2/c1-20-16-9-8-13(12-19(16)23-3)21(2)17-10-11-18(22)15-7-5-4-6-14(15)17/h4-12,20,22H,1-3H3. The summed E-state index contributed by atoms with van der Waals surface area (Å²) in [6.07, 6.45) is 0. The number of fused-ring (bicyclic) bond motifs is 1. The maximum Gasteiger partial charge on any atom is 0.144 e. The highest BCUT2D eigenvalue weighted by atomic mass is 16.5. The van der Waals surface area contributed by atoms with Crippen molar-refractivity contribution in [3.8, 4) is 11.5 Å². The summed E-state index contributed by atoms with van der Waals surface area (Å²) >= 11 is 0. The Bertz CT molecular complexity index is 846. The number of nitrogens with one attached hydrogen (secondary N) is 1. The molecule has 0 saturated heterocycles. The molecule has 0 aliphatic heterocycles. The molecule has 0 amide bonds. The summed E-state index contributed by atoms with van der Waals surface area (Å²) in [6.45, 7) is 0. The van der Waals surface area contributed by atoms with Crippen molar-refractivity contribution in [2.24, 2.45) is 0 Å². The monoisotopic (exact) mass is 308 g/mol. The molecule has 3 rings (SSSR count). The van der Waals surface area contributed by atoms with E-state index in [1.807, 2.05) is 62.6 Å². The lowest BCUT2D eigenvalue weighted by Crippen LogP contribution is -2.10. The number of methoxy groups -OCH3 is 1. The summed E-state index contributed by atoms with van der Waals surface area (Å²) in [5.74, 6) is 1.08. The van der Waals surface area contributed by atoms with Gasteiger partial charge < -0.3 is 20.1 Å². The van der Waals surface area contributed by atoms with Gasteiger partial charge in [0.25, 0.3) is 0 Å². The van der Waals surface area contributed by atoms with Crippen molar-refractivity contribution >= 4 is 27.8 Å². The third-order valence-electron chi connectivity index (χ3n) is 4.08. The third kappa shape index (κ3) is 2.63. The van der Waals surface area contributed by atoms with Crippen LogP contribution in [0.3, 0.4) is 0 Å². The molecule has 2 N–H and O–H groups in total. The summed E-state index contributed by atoms with van der Waals surface area (Å²) in [5.41, 5.74) is 2.98. The van der Waals surface area contributed by atoms with E-state index in [9.17, 15) is 5.11 Å². The van der Waals surface area contributed by atoms with Crippen molar-refractivity contribution in [1.29, 1.82) is 0 Å². The molecule has 0 atom stereocenters. The van der Waals surface area contributed by atoms with Crippen LogP contribution in [0.2, 0.25) is 0 Å². The van der Waals surface area contributed by atoms with E-state index in [-0.39, 0.29) is 0 Å². The van der Waals surface area contributed by atoms with Crippen molar-refractivity contribution in [2.75, 3.05) is 31.4 Å². The van der Waals surface area contributed by atoms with Gasteiger partial charge in [-0.3, -0.25) is 0 Å². The maximum atomic E-state index is 10.1. The van der Waals surface area contributed by atoms with E-state index in [4.69, 9.17) is 4.74 Å². The number of hydrogen-bond donors (Lipinski definition) is 2. The van der Waals surface area contributed by atoms with E-state index in [2.05, 4.69) is 10.2 Å². The molecular formula is C19H20N2O2. The van der Waals surface area contributed by atoms with Crippen LogP contribution in [-0.4, -0.2) is 26.3 Å². The molecule has 0 radical (unpaired) electrons. The minimum atomic E-state index is 0.292. The van der Waals surface area contributed by atoms with Crippen LogP contribution in [-0.2, 0) is 0 Å². The summed E-state index contributed by atoms with van der Waals surface area (Å²) in [4.78, 5) is 2.09. The molecule has 4 heteroatoms. The SMILES string of the molecule is CNc1ccc(N(C)c2ccc(O)c3ccccc23)cc1OC. The average molecular weight is 308 g/mol. The van der Waals surface area contributed by atoms with Crippen LogP contribution in [0.1, 0.15) is 0 Å². The van der Waals surface area contributed by atoms with E-state index in [1.54, 1.807) is 13.2 Å². The zero-order chi connectivity index (χ0) is 16.4. The molecule has 0 aromatic heterocycles. The Kier molecular flexibility index (Phi) is 3.98.